The van der Waals surface area contributed by atoms with Gasteiger partial charge in [-0.3, -0.25) is 4.79 Å². The molecule has 0 saturated carbocycles. The number of hydrogen-bond acceptors (Lipinski definition) is 5. The molecule has 1 saturated heterocycles. The molecule has 1 heterocycles. The van der Waals surface area contributed by atoms with Gasteiger partial charge in [-0.1, -0.05) is 18.2 Å². The first kappa shape index (κ1) is 20.2. The average Bonchev–Trinajstić information content (AvgIpc) is 3.29. The summed E-state index contributed by atoms with van der Waals surface area (Å²) in [6, 6.07) is 22.5. The summed E-state index contributed by atoms with van der Waals surface area (Å²) in [4.78, 5) is 15.1. The molecule has 0 N–H and O–H groups in total. The molecule has 5 nitrogen and oxygen atoms in total. The largest absolute Gasteiger partial charge is 0.497 e. The van der Waals surface area contributed by atoms with E-state index < -0.39 is 0 Å². The first-order chi connectivity index (χ1) is 14.7. The first-order valence-corrected chi connectivity index (χ1v) is 10.7. The molecule has 1 fully saturated rings. The lowest BCUT2D eigenvalue weighted by molar-refractivity contribution is 0.0759. The Kier molecular flexibility index (Phi) is 6.14. The van der Waals surface area contributed by atoms with Gasteiger partial charge < -0.3 is 19.1 Å². The van der Waals surface area contributed by atoms with Crippen LogP contribution in [0.3, 0.4) is 0 Å². The van der Waals surface area contributed by atoms with Crippen LogP contribution in [0, 0.1) is 0 Å². The summed E-state index contributed by atoms with van der Waals surface area (Å²) >= 11 is 1.73. The average molecular weight is 422 g/mol. The summed E-state index contributed by atoms with van der Waals surface area (Å²) in [5.41, 5.74) is 1.57. The summed E-state index contributed by atoms with van der Waals surface area (Å²) in [5.74, 6) is 3.80. The van der Waals surface area contributed by atoms with Gasteiger partial charge in [0.15, 0.2) is 0 Å². The molecule has 0 aromatic heterocycles. The molecule has 1 unspecified atom stereocenters. The lowest BCUT2D eigenvalue weighted by atomic mass is 10.1. The van der Waals surface area contributed by atoms with Crippen molar-refractivity contribution in [1.82, 2.24) is 4.90 Å². The minimum atomic E-state index is -0.122. The number of carbonyl (C=O) groups is 1. The molecule has 1 atom stereocenters. The normalized spacial score (nSPS) is 15.7. The Morgan fingerprint density at radius 1 is 0.900 bits per heavy atom. The summed E-state index contributed by atoms with van der Waals surface area (Å²) in [5, 5.41) is -0.122. The molecule has 4 rings (SSSR count). The highest BCUT2D eigenvalue weighted by molar-refractivity contribution is 7.99. The van der Waals surface area contributed by atoms with Crippen LogP contribution >= 0.6 is 11.8 Å². The van der Waals surface area contributed by atoms with Crippen LogP contribution < -0.4 is 14.2 Å². The molecule has 3 aromatic carbocycles. The first-order valence-electron chi connectivity index (χ1n) is 9.67. The molecule has 1 aliphatic heterocycles. The number of para-hydroxylation sites is 1. The van der Waals surface area contributed by atoms with Crippen molar-refractivity contribution in [3.8, 4) is 23.0 Å². The zero-order valence-electron chi connectivity index (χ0n) is 16.9. The number of benzene rings is 3. The molecule has 0 aliphatic carbocycles. The van der Waals surface area contributed by atoms with Gasteiger partial charge in [-0.2, -0.15) is 0 Å². The highest BCUT2D eigenvalue weighted by atomic mass is 32.2. The molecule has 3 aromatic rings. The van der Waals surface area contributed by atoms with Crippen molar-refractivity contribution >= 4 is 17.7 Å². The van der Waals surface area contributed by atoms with Gasteiger partial charge in [0, 0.05) is 23.4 Å². The fourth-order valence-corrected chi connectivity index (χ4v) is 4.69. The minimum absolute atomic E-state index is 0.0128. The fraction of sp³-hybridized carbons (Fsp3) is 0.208. The zero-order valence-corrected chi connectivity index (χ0v) is 17.7. The van der Waals surface area contributed by atoms with Crippen LogP contribution in [0.2, 0.25) is 0 Å². The Morgan fingerprint density at radius 3 is 2.30 bits per heavy atom. The quantitative estimate of drug-likeness (QED) is 0.534. The van der Waals surface area contributed by atoms with Crippen molar-refractivity contribution < 1.29 is 19.0 Å². The number of hydrogen-bond donors (Lipinski definition) is 0. The Hall–Kier alpha value is -3.12. The zero-order chi connectivity index (χ0) is 20.9. The third kappa shape index (κ3) is 4.24. The number of carbonyl (C=O) groups excluding carboxylic acids is 1. The van der Waals surface area contributed by atoms with Gasteiger partial charge in [0.05, 0.1) is 14.2 Å². The van der Waals surface area contributed by atoms with Crippen molar-refractivity contribution in [1.29, 1.82) is 0 Å². The molecular weight excluding hydrogens is 398 g/mol. The van der Waals surface area contributed by atoms with Crippen molar-refractivity contribution in [3.05, 3.63) is 83.9 Å². The lowest BCUT2D eigenvalue weighted by Gasteiger charge is -2.26. The maximum atomic E-state index is 13.3. The molecule has 6 heteroatoms. The van der Waals surface area contributed by atoms with Crippen molar-refractivity contribution in [2.24, 2.45) is 0 Å². The summed E-state index contributed by atoms with van der Waals surface area (Å²) in [7, 11) is 3.28. The van der Waals surface area contributed by atoms with Crippen molar-refractivity contribution in [2.45, 2.75) is 5.37 Å². The summed E-state index contributed by atoms with van der Waals surface area (Å²) < 4.78 is 16.7. The molecule has 1 amide bonds. The maximum absolute atomic E-state index is 13.3. The minimum Gasteiger partial charge on any atom is -0.497 e. The van der Waals surface area contributed by atoms with Crippen LogP contribution in [0.1, 0.15) is 21.3 Å². The highest BCUT2D eigenvalue weighted by Crippen LogP contribution is 2.43. The lowest BCUT2D eigenvalue weighted by Crippen LogP contribution is -2.30. The Bertz CT molecular complexity index is 1010. The van der Waals surface area contributed by atoms with E-state index in [0.29, 0.717) is 17.9 Å². The van der Waals surface area contributed by atoms with Crippen LogP contribution in [0.15, 0.2) is 72.8 Å². The number of amides is 1. The van der Waals surface area contributed by atoms with Crippen LogP contribution in [-0.2, 0) is 0 Å². The molecule has 0 radical (unpaired) electrons. The number of thioether (sulfide) groups is 1. The molecule has 0 spiro atoms. The van der Waals surface area contributed by atoms with Crippen molar-refractivity contribution in [3.63, 3.8) is 0 Å². The van der Waals surface area contributed by atoms with Gasteiger partial charge in [0.2, 0.25) is 0 Å². The maximum Gasteiger partial charge on any atom is 0.255 e. The van der Waals surface area contributed by atoms with E-state index in [9.17, 15) is 4.79 Å². The van der Waals surface area contributed by atoms with Crippen LogP contribution in [0.4, 0.5) is 0 Å². The fourth-order valence-electron chi connectivity index (χ4n) is 3.42. The second-order valence-corrected chi connectivity index (χ2v) is 7.96. The Labute approximate surface area is 180 Å². The number of ether oxygens (including phenoxy) is 3. The summed E-state index contributed by atoms with van der Waals surface area (Å²) in [6.45, 7) is 0.677. The van der Waals surface area contributed by atoms with E-state index in [2.05, 4.69) is 0 Å². The van der Waals surface area contributed by atoms with Crippen LogP contribution in [-0.4, -0.2) is 37.3 Å². The van der Waals surface area contributed by atoms with E-state index in [4.69, 9.17) is 14.2 Å². The third-order valence-corrected chi connectivity index (χ3v) is 6.18. The molecule has 1 aliphatic rings. The standard InChI is InChI=1S/C24H23NO4S/c1-27-20-12-13-22(28-2)21(16-20)24-25(14-15-30-24)23(26)17-8-10-19(11-9-17)29-18-6-4-3-5-7-18/h3-13,16,24H,14-15H2,1-2H3. The highest BCUT2D eigenvalue weighted by Gasteiger charge is 2.33. The predicted octanol–water partition coefficient (Wildman–Crippen LogP) is 5.38. The molecule has 0 bridgehead atoms. The third-order valence-electron chi connectivity index (χ3n) is 4.93. The van der Waals surface area contributed by atoms with Gasteiger partial charge in [-0.25, -0.2) is 0 Å². The van der Waals surface area contributed by atoms with Crippen LogP contribution in [0.5, 0.6) is 23.0 Å². The molecule has 154 valence electrons. The van der Waals surface area contributed by atoms with Gasteiger partial charge in [0.1, 0.15) is 28.4 Å². The SMILES string of the molecule is COc1ccc(OC)c(C2SCCN2C(=O)c2ccc(Oc3ccccc3)cc2)c1. The second-order valence-electron chi connectivity index (χ2n) is 6.77. The van der Waals surface area contributed by atoms with Gasteiger partial charge in [-0.05, 0) is 54.6 Å². The van der Waals surface area contributed by atoms with Crippen molar-refractivity contribution in [2.75, 3.05) is 26.5 Å². The van der Waals surface area contributed by atoms with E-state index >= 15 is 0 Å². The number of rotatable bonds is 6. The van der Waals surface area contributed by atoms with Gasteiger partial charge >= 0.3 is 0 Å². The Morgan fingerprint density at radius 2 is 1.60 bits per heavy atom. The van der Waals surface area contributed by atoms with E-state index in [1.807, 2.05) is 77.7 Å². The monoisotopic (exact) mass is 421 g/mol. The van der Waals surface area contributed by atoms with E-state index in [0.717, 1.165) is 28.6 Å². The number of nitrogens with zero attached hydrogens (tertiary/aromatic N) is 1. The van der Waals surface area contributed by atoms with Gasteiger partial charge in [-0.15, -0.1) is 11.8 Å². The summed E-state index contributed by atoms with van der Waals surface area (Å²) in [6.07, 6.45) is 0. The predicted molar refractivity (Wildman–Crippen MR) is 119 cm³/mol. The van der Waals surface area contributed by atoms with E-state index in [-0.39, 0.29) is 11.3 Å². The Balaban J connectivity index is 1.54. The van der Waals surface area contributed by atoms with Gasteiger partial charge in [0.25, 0.3) is 5.91 Å². The smallest absolute Gasteiger partial charge is 0.255 e. The molecular formula is C24H23NO4S. The van der Waals surface area contributed by atoms with Crippen LogP contribution in [0.25, 0.3) is 0 Å². The molecule has 30 heavy (non-hydrogen) atoms. The second kappa shape index (κ2) is 9.13. The van der Waals surface area contributed by atoms with E-state index in [1.54, 1.807) is 26.0 Å². The number of methoxy groups -OCH3 is 2. The topological polar surface area (TPSA) is 48.0 Å². The van der Waals surface area contributed by atoms with E-state index in [1.165, 1.54) is 0 Å².